The molecule has 2 saturated heterocycles. The second-order valence-corrected chi connectivity index (χ2v) is 22.2. The van der Waals surface area contributed by atoms with Gasteiger partial charge < -0.3 is 64.2 Å². The SMILES string of the molecule is CCCCCCC/C=C\C/C=C\C/C=C\CCCCCCCCCCC(=O)OC(COCCCCCCCCCCCCCCCCCCCCCC)COC1OC(COC2OC(CO)C(O)C(O)C2O)C(O)C(O)C1O. The molecular formula is C63H116O14. The Hall–Kier alpha value is -1.79. The molecule has 14 heteroatoms. The number of carbonyl (C=O) groups excluding carboxylic acids is 1. The third-order valence-electron chi connectivity index (χ3n) is 15.2. The Morgan fingerprint density at radius 1 is 0.429 bits per heavy atom. The highest BCUT2D eigenvalue weighted by Gasteiger charge is 2.47. The maximum absolute atomic E-state index is 13.1. The molecule has 11 atom stereocenters. The molecule has 2 fully saturated rings. The molecule has 0 radical (unpaired) electrons. The van der Waals surface area contributed by atoms with E-state index >= 15 is 0 Å². The van der Waals surface area contributed by atoms with E-state index in [1.807, 2.05) is 0 Å². The van der Waals surface area contributed by atoms with Crippen LogP contribution in [0.25, 0.3) is 0 Å². The van der Waals surface area contributed by atoms with Crippen LogP contribution in [0.5, 0.6) is 0 Å². The van der Waals surface area contributed by atoms with E-state index in [0.717, 1.165) is 57.8 Å². The quantitative estimate of drug-likeness (QED) is 0.0172. The zero-order valence-corrected chi connectivity index (χ0v) is 48.7. The topological polar surface area (TPSA) is 214 Å². The molecule has 2 aliphatic heterocycles. The number of carbonyl (C=O) groups is 1. The maximum Gasteiger partial charge on any atom is 0.306 e. The summed E-state index contributed by atoms with van der Waals surface area (Å²) in [4.78, 5) is 13.1. The van der Waals surface area contributed by atoms with E-state index in [4.69, 9.17) is 28.4 Å². The molecule has 0 spiro atoms. The molecule has 2 heterocycles. The monoisotopic (exact) mass is 1100 g/mol. The third kappa shape index (κ3) is 36.3. The Bertz CT molecular complexity index is 1410. The standard InChI is InChI=1S/C63H116O14/c1-3-5-7-9-11-13-15-17-19-21-23-25-26-27-28-30-32-34-36-38-40-42-44-46-55(65)75-52(49-72-47-45-43-41-39-37-35-33-31-29-24-22-20-18-16-14-12-10-8-6-4-2)50-73-62-61(71)59(69)57(67)54(77-62)51-74-63-60(70)58(68)56(66)53(48-64)76-63/h15,17,21,23,26-27,52-54,56-64,66-71H,3-14,16,18-20,22,24-25,28-51H2,1-2H3/b17-15-,23-21-,27-26-. The summed E-state index contributed by atoms with van der Waals surface area (Å²) >= 11 is 0. The summed E-state index contributed by atoms with van der Waals surface area (Å²) in [5.74, 6) is -0.378. The van der Waals surface area contributed by atoms with Gasteiger partial charge in [0.15, 0.2) is 12.6 Å². The molecule has 2 aliphatic rings. The van der Waals surface area contributed by atoms with E-state index in [1.54, 1.807) is 0 Å². The Labute approximate surface area is 468 Å². The van der Waals surface area contributed by atoms with E-state index < -0.39 is 80.7 Å². The van der Waals surface area contributed by atoms with Crippen molar-refractivity contribution in [1.82, 2.24) is 0 Å². The van der Waals surface area contributed by atoms with Gasteiger partial charge in [-0.05, 0) is 51.4 Å². The van der Waals surface area contributed by atoms with Gasteiger partial charge in [-0.25, -0.2) is 0 Å². The number of aliphatic hydroxyl groups is 7. The smallest absolute Gasteiger partial charge is 0.306 e. The molecule has 0 amide bonds. The molecule has 77 heavy (non-hydrogen) atoms. The molecule has 0 bridgehead atoms. The average molecular weight is 1100 g/mol. The summed E-state index contributed by atoms with van der Waals surface area (Å²) < 4.78 is 34.5. The molecule has 0 aromatic heterocycles. The zero-order valence-electron chi connectivity index (χ0n) is 48.7. The van der Waals surface area contributed by atoms with Crippen molar-refractivity contribution in [3.05, 3.63) is 36.5 Å². The number of rotatable bonds is 52. The van der Waals surface area contributed by atoms with E-state index in [0.29, 0.717) is 13.0 Å². The number of esters is 1. The fraction of sp³-hybridized carbons (Fsp3) is 0.889. The van der Waals surface area contributed by atoms with Gasteiger partial charge in [-0.2, -0.15) is 0 Å². The lowest BCUT2D eigenvalue weighted by Gasteiger charge is -2.42. The highest BCUT2D eigenvalue weighted by atomic mass is 16.7. The molecule has 14 nitrogen and oxygen atoms in total. The van der Waals surface area contributed by atoms with Crippen molar-refractivity contribution in [1.29, 1.82) is 0 Å². The number of hydrogen-bond acceptors (Lipinski definition) is 14. The predicted molar refractivity (Wildman–Crippen MR) is 307 cm³/mol. The van der Waals surface area contributed by atoms with Crippen LogP contribution in [0.4, 0.5) is 0 Å². The van der Waals surface area contributed by atoms with Crippen LogP contribution in [0.2, 0.25) is 0 Å². The van der Waals surface area contributed by atoms with Crippen molar-refractivity contribution in [2.75, 3.05) is 33.0 Å². The first-order chi connectivity index (χ1) is 37.6. The molecule has 0 aromatic carbocycles. The molecular weight excluding hydrogens is 981 g/mol. The van der Waals surface area contributed by atoms with Gasteiger partial charge in [0.25, 0.3) is 0 Å². The maximum atomic E-state index is 13.1. The minimum Gasteiger partial charge on any atom is -0.457 e. The van der Waals surface area contributed by atoms with E-state index in [-0.39, 0.29) is 25.6 Å². The molecule has 7 N–H and O–H groups in total. The predicted octanol–water partition coefficient (Wildman–Crippen LogP) is 12.1. The summed E-state index contributed by atoms with van der Waals surface area (Å²) in [7, 11) is 0. The minimum absolute atomic E-state index is 0.0621. The molecule has 0 aliphatic carbocycles. The Kier molecular flexibility index (Phi) is 46.3. The second kappa shape index (κ2) is 50.0. The van der Waals surface area contributed by atoms with Crippen LogP contribution in [0.15, 0.2) is 36.5 Å². The van der Waals surface area contributed by atoms with E-state index in [9.17, 15) is 40.5 Å². The first-order valence-electron chi connectivity index (χ1n) is 31.6. The Balaban J connectivity index is 1.69. The lowest BCUT2D eigenvalue weighted by molar-refractivity contribution is -0.332. The number of allylic oxidation sites excluding steroid dienone is 6. The lowest BCUT2D eigenvalue weighted by atomic mass is 9.98. The fourth-order valence-corrected chi connectivity index (χ4v) is 10.1. The Morgan fingerprint density at radius 3 is 1.26 bits per heavy atom. The minimum atomic E-state index is -1.71. The van der Waals surface area contributed by atoms with Crippen molar-refractivity contribution >= 4 is 5.97 Å². The third-order valence-corrected chi connectivity index (χ3v) is 15.2. The molecule has 2 rings (SSSR count). The number of unbranched alkanes of at least 4 members (excludes halogenated alkanes) is 32. The van der Waals surface area contributed by atoms with Crippen molar-refractivity contribution in [2.24, 2.45) is 0 Å². The summed E-state index contributed by atoms with van der Waals surface area (Å²) in [5, 5.41) is 72.5. The van der Waals surface area contributed by atoms with Gasteiger partial charge in [0.1, 0.15) is 54.9 Å². The first-order valence-corrected chi connectivity index (χ1v) is 31.6. The van der Waals surface area contributed by atoms with Crippen molar-refractivity contribution in [2.45, 2.75) is 325 Å². The molecule has 452 valence electrons. The van der Waals surface area contributed by atoms with Crippen LogP contribution in [-0.2, 0) is 33.2 Å². The lowest BCUT2D eigenvalue weighted by Crippen LogP contribution is -2.61. The van der Waals surface area contributed by atoms with Crippen molar-refractivity contribution < 1.29 is 69.0 Å². The summed E-state index contributed by atoms with van der Waals surface area (Å²) in [5.41, 5.74) is 0. The summed E-state index contributed by atoms with van der Waals surface area (Å²) in [6.45, 7) is 3.72. The fourth-order valence-electron chi connectivity index (χ4n) is 10.1. The average Bonchev–Trinajstić information content (AvgIpc) is 3.43. The van der Waals surface area contributed by atoms with Crippen LogP contribution >= 0.6 is 0 Å². The zero-order chi connectivity index (χ0) is 55.8. The molecule has 11 unspecified atom stereocenters. The highest BCUT2D eigenvalue weighted by molar-refractivity contribution is 5.69. The molecule has 0 saturated carbocycles. The van der Waals surface area contributed by atoms with Crippen molar-refractivity contribution in [3.8, 4) is 0 Å². The summed E-state index contributed by atoms with van der Waals surface area (Å²) in [6, 6.07) is 0. The Morgan fingerprint density at radius 2 is 0.805 bits per heavy atom. The van der Waals surface area contributed by atoms with Crippen LogP contribution < -0.4 is 0 Å². The summed E-state index contributed by atoms with van der Waals surface area (Å²) in [6.07, 6.45) is 43.4. The van der Waals surface area contributed by atoms with Gasteiger partial charge >= 0.3 is 5.97 Å². The van der Waals surface area contributed by atoms with E-state index in [2.05, 4.69) is 50.3 Å². The van der Waals surface area contributed by atoms with Gasteiger partial charge in [-0.15, -0.1) is 0 Å². The molecule has 0 aromatic rings. The second-order valence-electron chi connectivity index (χ2n) is 22.2. The number of aliphatic hydroxyl groups excluding tert-OH is 7. The van der Waals surface area contributed by atoms with Gasteiger partial charge in [0.2, 0.25) is 0 Å². The first kappa shape index (κ1) is 71.3. The van der Waals surface area contributed by atoms with Gasteiger partial charge in [-0.1, -0.05) is 237 Å². The van der Waals surface area contributed by atoms with Crippen molar-refractivity contribution in [3.63, 3.8) is 0 Å². The van der Waals surface area contributed by atoms with Gasteiger partial charge in [-0.3, -0.25) is 4.79 Å². The van der Waals surface area contributed by atoms with Gasteiger partial charge in [0, 0.05) is 13.0 Å². The van der Waals surface area contributed by atoms with Crippen LogP contribution in [-0.4, -0.2) is 142 Å². The van der Waals surface area contributed by atoms with Gasteiger partial charge in [0.05, 0.1) is 26.4 Å². The number of ether oxygens (including phenoxy) is 6. The van der Waals surface area contributed by atoms with Crippen LogP contribution in [0.3, 0.4) is 0 Å². The largest absolute Gasteiger partial charge is 0.457 e. The highest BCUT2D eigenvalue weighted by Crippen LogP contribution is 2.27. The van der Waals surface area contributed by atoms with Crippen LogP contribution in [0.1, 0.15) is 258 Å². The van der Waals surface area contributed by atoms with E-state index in [1.165, 1.54) is 173 Å². The van der Waals surface area contributed by atoms with Crippen LogP contribution in [0, 0.1) is 0 Å². The normalized spacial score (nSPS) is 24.5. The number of hydrogen-bond donors (Lipinski definition) is 7.